The number of para-hydroxylation sites is 3. The topological polar surface area (TPSA) is 87.2 Å². The van der Waals surface area contributed by atoms with Crippen molar-refractivity contribution in [3.63, 3.8) is 0 Å². The smallest absolute Gasteiger partial charge is 0.335 e. The molecule has 6 aromatic rings. The van der Waals surface area contributed by atoms with Crippen molar-refractivity contribution in [1.29, 1.82) is 0 Å². The molecule has 186 valence electrons. The molecule has 0 radical (unpaired) electrons. The summed E-state index contributed by atoms with van der Waals surface area (Å²) < 4.78 is 6.35. The molecule has 0 atom stereocenters. The molecule has 0 spiro atoms. The average molecular weight is 500 g/mol. The quantitative estimate of drug-likeness (QED) is 0.207. The van der Waals surface area contributed by atoms with Crippen LogP contribution in [0.5, 0.6) is 5.75 Å². The van der Waals surface area contributed by atoms with E-state index < -0.39 is 5.97 Å². The number of nitrogens with zero attached hydrogens (tertiary/aromatic N) is 1. The summed E-state index contributed by atoms with van der Waals surface area (Å²) >= 11 is 0. The number of carbonyl (C=O) groups is 1. The number of hydrogen-bond acceptors (Lipinski definition) is 4. The zero-order valence-corrected chi connectivity index (χ0v) is 20.5. The normalized spacial score (nSPS) is 11.7. The monoisotopic (exact) mass is 499 g/mol. The van der Waals surface area contributed by atoms with Crippen LogP contribution in [-0.4, -0.2) is 34.2 Å². The summed E-state index contributed by atoms with van der Waals surface area (Å²) in [6, 6.07) is 31.2. The van der Waals surface area contributed by atoms with Crippen LogP contribution in [0.3, 0.4) is 0 Å². The molecule has 0 unspecified atom stereocenters. The number of carboxylic acids is 1. The summed E-state index contributed by atoms with van der Waals surface area (Å²) in [7, 11) is 0. The van der Waals surface area contributed by atoms with Gasteiger partial charge in [0.05, 0.1) is 28.5 Å². The van der Waals surface area contributed by atoms with Crippen LogP contribution in [0.1, 0.15) is 15.9 Å². The van der Waals surface area contributed by atoms with Crippen molar-refractivity contribution < 1.29 is 14.6 Å². The van der Waals surface area contributed by atoms with Gasteiger partial charge in [-0.05, 0) is 47.5 Å². The molecule has 0 saturated heterocycles. The first-order chi connectivity index (χ1) is 18.6. The first-order valence-corrected chi connectivity index (χ1v) is 12.4. The van der Waals surface area contributed by atoms with Gasteiger partial charge >= 0.3 is 5.97 Å². The molecular weight excluding hydrogens is 474 g/mol. The number of aromatic carboxylic acids is 1. The van der Waals surface area contributed by atoms with Gasteiger partial charge in [-0.25, -0.2) is 4.79 Å². The molecule has 6 heteroatoms. The Hall–Kier alpha value is -5.10. The van der Waals surface area contributed by atoms with E-state index in [1.54, 1.807) is 24.3 Å². The molecule has 0 amide bonds. The largest absolute Gasteiger partial charge is 0.487 e. The number of carboxylic acid groups (broad SMARTS) is 1. The van der Waals surface area contributed by atoms with Crippen molar-refractivity contribution in [2.75, 3.05) is 18.5 Å². The minimum Gasteiger partial charge on any atom is -0.487 e. The SMILES string of the molecule is O=C(O)c1ccc(C=C(CNc2cnc3ccccc3c2)COc2cccc3c2[nH]c2ccccc23)cc1. The number of pyridine rings is 1. The Morgan fingerprint density at radius 1 is 0.921 bits per heavy atom. The van der Waals surface area contributed by atoms with Crippen LogP contribution in [0.4, 0.5) is 5.69 Å². The van der Waals surface area contributed by atoms with E-state index >= 15 is 0 Å². The lowest BCUT2D eigenvalue weighted by atomic mass is 10.1. The highest BCUT2D eigenvalue weighted by atomic mass is 16.5. The zero-order chi connectivity index (χ0) is 25.9. The van der Waals surface area contributed by atoms with Gasteiger partial charge in [0.1, 0.15) is 12.4 Å². The Kier molecular flexibility index (Phi) is 6.20. The third kappa shape index (κ3) is 4.80. The molecule has 6 rings (SSSR count). The molecule has 2 heterocycles. The summed E-state index contributed by atoms with van der Waals surface area (Å²) in [6.45, 7) is 0.881. The summed E-state index contributed by atoms with van der Waals surface area (Å²) in [5.41, 5.74) is 6.04. The molecule has 38 heavy (non-hydrogen) atoms. The number of fused-ring (bicyclic) bond motifs is 4. The van der Waals surface area contributed by atoms with E-state index in [1.807, 2.05) is 60.8 Å². The van der Waals surface area contributed by atoms with Crippen LogP contribution >= 0.6 is 0 Å². The minimum atomic E-state index is -0.944. The van der Waals surface area contributed by atoms with Crippen molar-refractivity contribution in [1.82, 2.24) is 9.97 Å². The summed E-state index contributed by atoms with van der Waals surface area (Å²) in [5.74, 6) is -0.167. The summed E-state index contributed by atoms with van der Waals surface area (Å²) in [6.07, 6.45) is 3.85. The van der Waals surface area contributed by atoms with E-state index in [0.717, 1.165) is 55.3 Å². The fourth-order valence-corrected chi connectivity index (χ4v) is 4.62. The lowest BCUT2D eigenvalue weighted by Gasteiger charge is -2.13. The maximum absolute atomic E-state index is 11.3. The van der Waals surface area contributed by atoms with Gasteiger partial charge in [-0.3, -0.25) is 4.98 Å². The number of hydrogen-bond donors (Lipinski definition) is 3. The number of benzene rings is 4. The fourth-order valence-electron chi connectivity index (χ4n) is 4.62. The predicted octanol–water partition coefficient (Wildman–Crippen LogP) is 7.14. The zero-order valence-electron chi connectivity index (χ0n) is 20.5. The Labute approximate surface area is 219 Å². The van der Waals surface area contributed by atoms with Crippen molar-refractivity contribution in [3.8, 4) is 5.75 Å². The summed E-state index contributed by atoms with van der Waals surface area (Å²) in [5, 5.41) is 16.0. The lowest BCUT2D eigenvalue weighted by Crippen LogP contribution is -2.12. The molecule has 0 fully saturated rings. The van der Waals surface area contributed by atoms with E-state index in [9.17, 15) is 9.90 Å². The Balaban J connectivity index is 1.28. The van der Waals surface area contributed by atoms with E-state index in [1.165, 1.54) is 0 Å². The Morgan fingerprint density at radius 2 is 1.71 bits per heavy atom. The Bertz CT molecular complexity index is 1800. The number of H-pyrrole nitrogens is 1. The van der Waals surface area contributed by atoms with Gasteiger partial charge in [0.15, 0.2) is 0 Å². The van der Waals surface area contributed by atoms with Gasteiger partial charge < -0.3 is 20.1 Å². The van der Waals surface area contributed by atoms with Crippen LogP contribution in [-0.2, 0) is 0 Å². The number of aromatic nitrogens is 2. The third-order valence-corrected chi connectivity index (χ3v) is 6.55. The van der Waals surface area contributed by atoms with Crippen LogP contribution in [0.25, 0.3) is 38.8 Å². The molecule has 2 aromatic heterocycles. The highest BCUT2D eigenvalue weighted by Crippen LogP contribution is 2.31. The third-order valence-electron chi connectivity index (χ3n) is 6.55. The predicted molar refractivity (Wildman–Crippen MR) is 153 cm³/mol. The maximum Gasteiger partial charge on any atom is 0.335 e. The van der Waals surface area contributed by atoms with Crippen molar-refractivity contribution in [2.45, 2.75) is 0 Å². The molecule has 0 aliphatic rings. The van der Waals surface area contributed by atoms with Crippen molar-refractivity contribution in [2.24, 2.45) is 0 Å². The highest BCUT2D eigenvalue weighted by molar-refractivity contribution is 6.09. The van der Waals surface area contributed by atoms with Gasteiger partial charge in [-0.1, -0.05) is 66.7 Å². The molecule has 0 bridgehead atoms. The van der Waals surface area contributed by atoms with Gasteiger partial charge in [0.2, 0.25) is 0 Å². The number of aromatic amines is 1. The lowest BCUT2D eigenvalue weighted by molar-refractivity contribution is 0.0697. The van der Waals surface area contributed by atoms with E-state index in [0.29, 0.717) is 13.2 Å². The minimum absolute atomic E-state index is 0.255. The van der Waals surface area contributed by atoms with E-state index in [4.69, 9.17) is 4.74 Å². The van der Waals surface area contributed by atoms with Crippen molar-refractivity contribution >= 4 is 50.4 Å². The van der Waals surface area contributed by atoms with Gasteiger partial charge in [0, 0.05) is 28.2 Å². The van der Waals surface area contributed by atoms with Gasteiger partial charge in [-0.15, -0.1) is 0 Å². The second-order valence-corrected chi connectivity index (χ2v) is 9.14. The summed E-state index contributed by atoms with van der Waals surface area (Å²) in [4.78, 5) is 19.3. The molecule has 4 aromatic carbocycles. The van der Waals surface area contributed by atoms with Gasteiger partial charge in [-0.2, -0.15) is 0 Å². The van der Waals surface area contributed by atoms with E-state index in [-0.39, 0.29) is 5.56 Å². The average Bonchev–Trinajstić information content (AvgIpc) is 3.34. The second-order valence-electron chi connectivity index (χ2n) is 9.14. The number of nitrogens with one attached hydrogen (secondary N) is 2. The molecule has 3 N–H and O–H groups in total. The molecule has 0 aliphatic heterocycles. The fraction of sp³-hybridized carbons (Fsp3) is 0.0625. The van der Waals surface area contributed by atoms with Crippen LogP contribution in [0.2, 0.25) is 0 Å². The second kappa shape index (κ2) is 10.1. The van der Waals surface area contributed by atoms with Crippen LogP contribution in [0, 0.1) is 0 Å². The first kappa shape index (κ1) is 23.3. The number of anilines is 1. The molecule has 0 aliphatic carbocycles. The highest BCUT2D eigenvalue weighted by Gasteiger charge is 2.10. The van der Waals surface area contributed by atoms with Crippen LogP contribution in [0.15, 0.2) is 109 Å². The van der Waals surface area contributed by atoms with Crippen molar-refractivity contribution in [3.05, 3.63) is 120 Å². The number of ether oxygens (including phenoxy) is 1. The Morgan fingerprint density at radius 3 is 2.58 bits per heavy atom. The maximum atomic E-state index is 11.3. The van der Waals surface area contributed by atoms with Crippen LogP contribution < -0.4 is 10.1 Å². The molecule has 0 saturated carbocycles. The van der Waals surface area contributed by atoms with Gasteiger partial charge in [0.25, 0.3) is 0 Å². The molecule has 6 nitrogen and oxygen atoms in total. The number of rotatable bonds is 8. The standard InChI is InChI=1S/C32H25N3O3/c36-32(37)23-14-12-21(13-15-23)16-22(18-33-25-17-24-6-1-3-9-28(24)34-19-25)20-38-30-11-5-8-27-26-7-2-4-10-29(26)35-31(27)30/h1-17,19,33,35H,18,20H2,(H,36,37). The first-order valence-electron chi connectivity index (χ1n) is 12.4. The molecular formula is C32H25N3O3. The van der Waals surface area contributed by atoms with E-state index in [2.05, 4.69) is 39.6 Å².